The van der Waals surface area contributed by atoms with Crippen LogP contribution < -0.4 is 14.8 Å². The Labute approximate surface area is 139 Å². The van der Waals surface area contributed by atoms with Crippen molar-refractivity contribution in [2.24, 2.45) is 0 Å². The van der Waals surface area contributed by atoms with E-state index < -0.39 is 5.54 Å². The van der Waals surface area contributed by atoms with E-state index in [0.717, 1.165) is 10.5 Å². The van der Waals surface area contributed by atoms with E-state index in [4.69, 9.17) is 9.47 Å². The zero-order valence-electron chi connectivity index (χ0n) is 13.8. The number of likely N-dealkylation sites (tertiary alicyclic amines) is 1. The molecule has 1 aromatic carbocycles. The fraction of sp³-hybridized carbons (Fsp3) is 0.471. The Bertz CT molecular complexity index is 682. The molecule has 0 aromatic heterocycles. The van der Waals surface area contributed by atoms with Crippen molar-refractivity contribution in [3.8, 4) is 11.5 Å². The molecule has 0 spiro atoms. The minimum atomic E-state index is -0.614. The van der Waals surface area contributed by atoms with Crippen molar-refractivity contribution in [1.82, 2.24) is 10.2 Å². The third kappa shape index (κ3) is 3.20. The molecule has 0 unspecified atom stereocenters. The van der Waals surface area contributed by atoms with Gasteiger partial charge in [0.2, 0.25) is 24.5 Å². The normalized spacial score (nSPS) is 16.7. The van der Waals surface area contributed by atoms with E-state index in [-0.39, 0.29) is 50.3 Å². The van der Waals surface area contributed by atoms with E-state index in [9.17, 15) is 14.4 Å². The van der Waals surface area contributed by atoms with Gasteiger partial charge in [0, 0.05) is 25.8 Å². The average molecular weight is 332 g/mol. The van der Waals surface area contributed by atoms with E-state index >= 15 is 0 Å². The maximum atomic E-state index is 12.2. The monoisotopic (exact) mass is 332 g/mol. The van der Waals surface area contributed by atoms with Crippen LogP contribution in [-0.4, -0.2) is 36.0 Å². The molecule has 1 saturated heterocycles. The first kappa shape index (κ1) is 16.3. The van der Waals surface area contributed by atoms with Crippen molar-refractivity contribution in [1.29, 1.82) is 0 Å². The van der Waals surface area contributed by atoms with Gasteiger partial charge in [-0.1, -0.05) is 6.07 Å². The minimum absolute atomic E-state index is 0.0888. The van der Waals surface area contributed by atoms with Crippen molar-refractivity contribution < 1.29 is 23.9 Å². The van der Waals surface area contributed by atoms with Gasteiger partial charge in [0.1, 0.15) is 0 Å². The minimum Gasteiger partial charge on any atom is -0.454 e. The molecule has 2 aliphatic rings. The lowest BCUT2D eigenvalue weighted by atomic mass is 9.93. The number of hydrogen-bond acceptors (Lipinski definition) is 5. The molecule has 3 rings (SSSR count). The SMILES string of the molecule is CC(C)(NC(=O)CCN1C(=O)CCC1=O)c1ccc2c(c1)OCO2. The summed E-state index contributed by atoms with van der Waals surface area (Å²) in [6.45, 7) is 4.09. The van der Waals surface area contributed by atoms with Crippen LogP contribution in [0.1, 0.15) is 38.7 Å². The number of nitrogens with one attached hydrogen (secondary N) is 1. The molecular formula is C17H20N2O5. The first-order chi connectivity index (χ1) is 11.4. The molecule has 3 amide bonds. The second-order valence-corrected chi connectivity index (χ2v) is 6.43. The van der Waals surface area contributed by atoms with Gasteiger partial charge in [-0.25, -0.2) is 0 Å². The highest BCUT2D eigenvalue weighted by Crippen LogP contribution is 2.35. The number of fused-ring (bicyclic) bond motifs is 1. The van der Waals surface area contributed by atoms with Crippen LogP contribution in [0.3, 0.4) is 0 Å². The van der Waals surface area contributed by atoms with E-state index in [1.807, 2.05) is 32.0 Å². The molecule has 7 heteroatoms. The standard InChI is InChI=1S/C17H20N2O5/c1-17(2,11-3-4-12-13(9-11)24-10-23-12)18-14(20)7-8-19-15(21)5-6-16(19)22/h3-4,9H,5-8,10H2,1-2H3,(H,18,20). The van der Waals surface area contributed by atoms with Gasteiger partial charge >= 0.3 is 0 Å². The molecule has 0 saturated carbocycles. The third-order valence-electron chi connectivity index (χ3n) is 4.26. The number of imide groups is 1. The summed E-state index contributed by atoms with van der Waals surface area (Å²) in [4.78, 5) is 36.5. The summed E-state index contributed by atoms with van der Waals surface area (Å²) in [5.74, 6) is 0.714. The molecular weight excluding hydrogens is 312 g/mol. The Hall–Kier alpha value is -2.57. The molecule has 0 bridgehead atoms. The lowest BCUT2D eigenvalue weighted by molar-refractivity contribution is -0.138. The number of carbonyl (C=O) groups is 3. The number of rotatable bonds is 5. The Kier molecular flexibility index (Phi) is 4.17. The average Bonchev–Trinajstić information content (AvgIpc) is 3.11. The number of benzene rings is 1. The van der Waals surface area contributed by atoms with Gasteiger partial charge in [-0.05, 0) is 31.5 Å². The molecule has 0 aliphatic carbocycles. The predicted molar refractivity (Wildman–Crippen MR) is 84.3 cm³/mol. The predicted octanol–water partition coefficient (Wildman–Crippen LogP) is 1.31. The second kappa shape index (κ2) is 6.14. The van der Waals surface area contributed by atoms with Gasteiger partial charge in [0.15, 0.2) is 11.5 Å². The van der Waals surface area contributed by atoms with Crippen molar-refractivity contribution >= 4 is 17.7 Å². The fourth-order valence-electron chi connectivity index (χ4n) is 2.85. The molecule has 2 aliphatic heterocycles. The van der Waals surface area contributed by atoms with Gasteiger partial charge in [-0.3, -0.25) is 19.3 Å². The van der Waals surface area contributed by atoms with Crippen LogP contribution in [0.2, 0.25) is 0 Å². The fourth-order valence-corrected chi connectivity index (χ4v) is 2.85. The van der Waals surface area contributed by atoms with E-state index in [0.29, 0.717) is 11.5 Å². The summed E-state index contributed by atoms with van der Waals surface area (Å²) in [5.41, 5.74) is 0.269. The summed E-state index contributed by atoms with van der Waals surface area (Å²) >= 11 is 0. The van der Waals surface area contributed by atoms with Crippen LogP contribution >= 0.6 is 0 Å². The highest BCUT2D eigenvalue weighted by Gasteiger charge is 2.30. The van der Waals surface area contributed by atoms with Gasteiger partial charge in [-0.15, -0.1) is 0 Å². The molecule has 24 heavy (non-hydrogen) atoms. The van der Waals surface area contributed by atoms with Crippen LogP contribution in [0.5, 0.6) is 11.5 Å². The number of ether oxygens (including phenoxy) is 2. The Morgan fingerprint density at radius 1 is 1.17 bits per heavy atom. The topological polar surface area (TPSA) is 84.9 Å². The van der Waals surface area contributed by atoms with E-state index in [1.165, 1.54) is 0 Å². The first-order valence-corrected chi connectivity index (χ1v) is 7.91. The second-order valence-electron chi connectivity index (χ2n) is 6.43. The maximum absolute atomic E-state index is 12.2. The molecule has 0 atom stereocenters. The molecule has 1 aromatic rings. The van der Waals surface area contributed by atoms with Gasteiger partial charge in [-0.2, -0.15) is 0 Å². The quantitative estimate of drug-likeness (QED) is 0.822. The number of nitrogens with zero attached hydrogens (tertiary/aromatic N) is 1. The molecule has 128 valence electrons. The van der Waals surface area contributed by atoms with Crippen LogP contribution in [0.4, 0.5) is 0 Å². The van der Waals surface area contributed by atoms with E-state index in [1.54, 1.807) is 0 Å². The number of carbonyl (C=O) groups excluding carboxylic acids is 3. The number of amides is 3. The van der Waals surface area contributed by atoms with Crippen LogP contribution in [0.25, 0.3) is 0 Å². The van der Waals surface area contributed by atoms with Crippen molar-refractivity contribution in [3.63, 3.8) is 0 Å². The summed E-state index contributed by atoms with van der Waals surface area (Å²) in [7, 11) is 0. The van der Waals surface area contributed by atoms with Crippen LogP contribution in [-0.2, 0) is 19.9 Å². The van der Waals surface area contributed by atoms with Gasteiger partial charge in [0.25, 0.3) is 0 Å². The third-order valence-corrected chi connectivity index (χ3v) is 4.26. The van der Waals surface area contributed by atoms with Crippen molar-refractivity contribution in [2.45, 2.75) is 38.6 Å². The zero-order chi connectivity index (χ0) is 17.3. The summed E-state index contributed by atoms with van der Waals surface area (Å²) < 4.78 is 10.6. The van der Waals surface area contributed by atoms with E-state index in [2.05, 4.69) is 5.32 Å². The largest absolute Gasteiger partial charge is 0.454 e. The molecule has 1 N–H and O–H groups in total. The van der Waals surface area contributed by atoms with Gasteiger partial charge in [0.05, 0.1) is 5.54 Å². The lowest BCUT2D eigenvalue weighted by Gasteiger charge is -2.27. The Balaban J connectivity index is 1.60. The summed E-state index contributed by atoms with van der Waals surface area (Å²) in [6, 6.07) is 5.53. The molecule has 1 fully saturated rings. The van der Waals surface area contributed by atoms with Crippen molar-refractivity contribution in [3.05, 3.63) is 23.8 Å². The zero-order valence-corrected chi connectivity index (χ0v) is 13.8. The highest BCUT2D eigenvalue weighted by atomic mass is 16.7. The molecule has 2 heterocycles. The summed E-state index contributed by atoms with van der Waals surface area (Å²) in [5, 5.41) is 2.93. The molecule has 0 radical (unpaired) electrons. The number of hydrogen-bond donors (Lipinski definition) is 1. The van der Waals surface area contributed by atoms with Crippen LogP contribution in [0, 0.1) is 0 Å². The highest BCUT2D eigenvalue weighted by molar-refractivity contribution is 6.02. The smallest absolute Gasteiger partial charge is 0.231 e. The molecule has 7 nitrogen and oxygen atoms in total. The maximum Gasteiger partial charge on any atom is 0.231 e. The summed E-state index contributed by atoms with van der Waals surface area (Å²) in [6.07, 6.45) is 0.567. The Morgan fingerprint density at radius 2 is 1.83 bits per heavy atom. The Morgan fingerprint density at radius 3 is 2.54 bits per heavy atom. The first-order valence-electron chi connectivity index (χ1n) is 7.91. The van der Waals surface area contributed by atoms with Gasteiger partial charge < -0.3 is 14.8 Å². The van der Waals surface area contributed by atoms with Crippen molar-refractivity contribution in [2.75, 3.05) is 13.3 Å². The van der Waals surface area contributed by atoms with Crippen LogP contribution in [0.15, 0.2) is 18.2 Å². The lowest BCUT2D eigenvalue weighted by Crippen LogP contribution is -2.42.